The standard InChI is InChI=1S/C65H43N3/c1-5-20-44(21-6-1)59-43-60(45-22-7-2-8-23-45)67-64(66-59)49-26-17-24-46(40-49)47-38-39-62-57(42-47)55-33-14-16-37-61(55)68(62)52-31-18-25-48(41-52)53-34-19-35-56-54-32-13-15-36-58(54)65(63(53)56,50-27-9-3-10-28-50)51-29-11-4-12-30-51/h1-43H. The molecule has 1 aliphatic rings. The van der Waals surface area contributed by atoms with Gasteiger partial charge in [0.05, 0.1) is 27.8 Å². The van der Waals surface area contributed by atoms with E-state index < -0.39 is 5.41 Å². The summed E-state index contributed by atoms with van der Waals surface area (Å²) >= 11 is 0. The van der Waals surface area contributed by atoms with Gasteiger partial charge in [-0.3, -0.25) is 0 Å². The van der Waals surface area contributed by atoms with E-state index in [0.29, 0.717) is 5.82 Å². The Morgan fingerprint density at radius 2 is 0.824 bits per heavy atom. The topological polar surface area (TPSA) is 30.7 Å². The SMILES string of the molecule is c1ccc(-c2cc(-c3ccccc3)nc(-c3cccc(-c4ccc5c(c4)c4ccccc4n5-c4cccc(-c5cccc6c5C(c5ccccc5)(c5ccccc5)c5ccccc5-6)c4)c3)n2)cc1. The van der Waals surface area contributed by atoms with Crippen LogP contribution < -0.4 is 0 Å². The van der Waals surface area contributed by atoms with Crippen LogP contribution in [0.4, 0.5) is 0 Å². The molecule has 0 saturated heterocycles. The maximum absolute atomic E-state index is 5.14. The molecule has 10 aromatic carbocycles. The van der Waals surface area contributed by atoms with E-state index in [1.165, 1.54) is 60.8 Å². The van der Waals surface area contributed by atoms with E-state index in [-0.39, 0.29) is 0 Å². The van der Waals surface area contributed by atoms with E-state index >= 15 is 0 Å². The zero-order valence-corrected chi connectivity index (χ0v) is 37.2. The molecule has 0 N–H and O–H groups in total. The molecule has 0 fully saturated rings. The summed E-state index contributed by atoms with van der Waals surface area (Å²) in [6.07, 6.45) is 0. The molecule has 1 aliphatic carbocycles. The van der Waals surface area contributed by atoms with Crippen LogP contribution in [0.2, 0.25) is 0 Å². The number of nitrogens with zero attached hydrogens (tertiary/aromatic N) is 3. The van der Waals surface area contributed by atoms with Crippen LogP contribution in [-0.4, -0.2) is 14.5 Å². The van der Waals surface area contributed by atoms with Crippen LogP contribution in [0.1, 0.15) is 22.3 Å². The monoisotopic (exact) mass is 865 g/mol. The van der Waals surface area contributed by atoms with Crippen LogP contribution in [0.25, 0.3) is 94.8 Å². The van der Waals surface area contributed by atoms with Crippen molar-refractivity contribution < 1.29 is 0 Å². The van der Waals surface area contributed by atoms with Crippen LogP contribution in [0, 0.1) is 0 Å². The van der Waals surface area contributed by atoms with E-state index in [4.69, 9.17) is 9.97 Å². The number of rotatable bonds is 8. The van der Waals surface area contributed by atoms with Gasteiger partial charge in [-0.05, 0) is 98.1 Å². The van der Waals surface area contributed by atoms with E-state index in [1.54, 1.807) is 0 Å². The molecule has 0 aliphatic heterocycles. The number of benzene rings is 10. The first-order valence-electron chi connectivity index (χ1n) is 23.3. The van der Waals surface area contributed by atoms with Crippen LogP contribution in [0.5, 0.6) is 0 Å². The molecule has 0 amide bonds. The third kappa shape index (κ3) is 6.35. The van der Waals surface area contributed by atoms with E-state index in [2.05, 4.69) is 253 Å². The summed E-state index contributed by atoms with van der Waals surface area (Å²) in [5, 5.41) is 2.41. The lowest BCUT2D eigenvalue weighted by molar-refractivity contribution is 0.770. The largest absolute Gasteiger partial charge is 0.309 e. The number of fused-ring (bicyclic) bond motifs is 6. The van der Waals surface area contributed by atoms with Crippen LogP contribution >= 0.6 is 0 Å². The summed E-state index contributed by atoms with van der Waals surface area (Å²) in [5.41, 5.74) is 20.2. The highest BCUT2D eigenvalue weighted by Crippen LogP contribution is 2.58. The summed E-state index contributed by atoms with van der Waals surface area (Å²) in [5.74, 6) is 0.697. The minimum absolute atomic E-state index is 0.511. The number of aromatic nitrogens is 3. The van der Waals surface area contributed by atoms with Crippen molar-refractivity contribution in [2.24, 2.45) is 0 Å². The zero-order chi connectivity index (χ0) is 45.0. The quantitative estimate of drug-likeness (QED) is 0.152. The van der Waals surface area contributed by atoms with E-state index in [0.717, 1.165) is 50.4 Å². The van der Waals surface area contributed by atoms with Crippen molar-refractivity contribution in [2.75, 3.05) is 0 Å². The predicted octanol–water partition coefficient (Wildman–Crippen LogP) is 16.3. The molecule has 0 saturated carbocycles. The molecular weight excluding hydrogens is 823 g/mol. The van der Waals surface area contributed by atoms with Gasteiger partial charge in [-0.1, -0.05) is 218 Å². The normalized spacial score (nSPS) is 12.5. The Morgan fingerprint density at radius 3 is 1.54 bits per heavy atom. The summed E-state index contributed by atoms with van der Waals surface area (Å²) in [7, 11) is 0. The average molecular weight is 866 g/mol. The van der Waals surface area contributed by atoms with Crippen molar-refractivity contribution in [3.05, 3.63) is 283 Å². The van der Waals surface area contributed by atoms with E-state index in [9.17, 15) is 0 Å². The van der Waals surface area contributed by atoms with Crippen molar-refractivity contribution in [3.8, 4) is 73.0 Å². The van der Waals surface area contributed by atoms with Gasteiger partial charge in [0.2, 0.25) is 0 Å². The van der Waals surface area contributed by atoms with Gasteiger partial charge in [0.25, 0.3) is 0 Å². The first-order chi connectivity index (χ1) is 33.7. The highest BCUT2D eigenvalue weighted by molar-refractivity contribution is 6.10. The Kier molecular flexibility index (Phi) is 9.40. The fourth-order valence-corrected chi connectivity index (χ4v) is 10.9. The second-order valence-electron chi connectivity index (χ2n) is 17.7. The lowest BCUT2D eigenvalue weighted by atomic mass is 9.66. The van der Waals surface area contributed by atoms with Crippen LogP contribution in [0.3, 0.4) is 0 Å². The van der Waals surface area contributed by atoms with Gasteiger partial charge in [0.15, 0.2) is 5.82 Å². The summed E-state index contributed by atoms with van der Waals surface area (Å²) in [4.78, 5) is 10.3. The fourth-order valence-electron chi connectivity index (χ4n) is 10.9. The smallest absolute Gasteiger partial charge is 0.160 e. The summed E-state index contributed by atoms with van der Waals surface area (Å²) in [6, 6.07) is 94.3. The second kappa shape index (κ2) is 16.2. The van der Waals surface area contributed by atoms with Gasteiger partial charge in [0.1, 0.15) is 0 Å². The summed E-state index contributed by atoms with van der Waals surface area (Å²) < 4.78 is 2.43. The third-order valence-electron chi connectivity index (χ3n) is 13.9. The molecule has 2 heterocycles. The highest BCUT2D eigenvalue weighted by Gasteiger charge is 2.47. The maximum Gasteiger partial charge on any atom is 0.160 e. The number of hydrogen-bond acceptors (Lipinski definition) is 2. The Bertz CT molecular complexity index is 3740. The minimum Gasteiger partial charge on any atom is -0.309 e. The Balaban J connectivity index is 0.942. The van der Waals surface area contributed by atoms with Crippen molar-refractivity contribution in [2.45, 2.75) is 5.41 Å². The molecule has 0 unspecified atom stereocenters. The first-order valence-corrected chi connectivity index (χ1v) is 23.3. The lowest BCUT2D eigenvalue weighted by Gasteiger charge is -2.35. The van der Waals surface area contributed by atoms with Gasteiger partial charge >= 0.3 is 0 Å². The molecule has 0 radical (unpaired) electrons. The molecule has 3 heteroatoms. The summed E-state index contributed by atoms with van der Waals surface area (Å²) in [6.45, 7) is 0. The van der Waals surface area contributed by atoms with Crippen molar-refractivity contribution >= 4 is 21.8 Å². The molecule has 0 atom stereocenters. The van der Waals surface area contributed by atoms with Crippen LogP contribution in [0.15, 0.2) is 261 Å². The minimum atomic E-state index is -0.511. The third-order valence-corrected chi connectivity index (χ3v) is 13.9. The molecule has 2 aromatic heterocycles. The maximum atomic E-state index is 5.14. The van der Waals surface area contributed by atoms with Gasteiger partial charge < -0.3 is 4.57 Å². The van der Waals surface area contributed by atoms with E-state index in [1.807, 2.05) is 12.1 Å². The van der Waals surface area contributed by atoms with Crippen molar-refractivity contribution in [1.29, 1.82) is 0 Å². The molecule has 12 aromatic rings. The number of para-hydroxylation sites is 1. The van der Waals surface area contributed by atoms with Crippen molar-refractivity contribution in [3.63, 3.8) is 0 Å². The molecular formula is C65H43N3. The van der Waals surface area contributed by atoms with Gasteiger partial charge in [0, 0.05) is 33.2 Å². The van der Waals surface area contributed by atoms with Crippen molar-refractivity contribution in [1.82, 2.24) is 14.5 Å². The predicted molar refractivity (Wildman–Crippen MR) is 281 cm³/mol. The number of hydrogen-bond donors (Lipinski definition) is 0. The molecule has 68 heavy (non-hydrogen) atoms. The molecule has 318 valence electrons. The molecule has 0 spiro atoms. The Morgan fingerprint density at radius 1 is 0.309 bits per heavy atom. The Labute approximate surface area is 396 Å². The highest BCUT2D eigenvalue weighted by atomic mass is 15.0. The van der Waals surface area contributed by atoms with Gasteiger partial charge in [-0.2, -0.15) is 0 Å². The molecule has 3 nitrogen and oxygen atoms in total. The fraction of sp³-hybridized carbons (Fsp3) is 0.0154. The molecule has 0 bridgehead atoms. The zero-order valence-electron chi connectivity index (χ0n) is 37.2. The molecule has 13 rings (SSSR count). The second-order valence-corrected chi connectivity index (χ2v) is 17.7. The van der Waals surface area contributed by atoms with Crippen LogP contribution in [-0.2, 0) is 5.41 Å². The first kappa shape index (κ1) is 39.4. The van der Waals surface area contributed by atoms with Gasteiger partial charge in [-0.25, -0.2) is 9.97 Å². The average Bonchev–Trinajstić information content (AvgIpc) is 3.92. The lowest BCUT2D eigenvalue weighted by Crippen LogP contribution is -2.29. The van der Waals surface area contributed by atoms with Gasteiger partial charge in [-0.15, -0.1) is 0 Å². The Hall–Kier alpha value is -8.92.